The average molecular weight is 242 g/mol. The number of ether oxygens (including phenoxy) is 2. The number of nitrogens with zero attached hydrogens (tertiary/aromatic N) is 2. The fraction of sp³-hybridized carbons (Fsp3) is 0.143. The maximum absolute atomic E-state index is 5.24. The molecule has 1 aromatic heterocycles. The van der Waals surface area contributed by atoms with Crippen LogP contribution < -0.4 is 9.47 Å². The van der Waals surface area contributed by atoms with Gasteiger partial charge in [0.05, 0.1) is 19.9 Å². The molecule has 0 atom stereocenters. The number of benzene rings is 1. The molecule has 0 saturated heterocycles. The maximum atomic E-state index is 5.24. The summed E-state index contributed by atoms with van der Waals surface area (Å²) in [6.45, 7) is 0. The van der Waals surface area contributed by atoms with Crippen LogP contribution >= 0.6 is 0 Å². The van der Waals surface area contributed by atoms with Crippen molar-refractivity contribution in [2.45, 2.75) is 0 Å². The summed E-state index contributed by atoms with van der Waals surface area (Å²) in [5.41, 5.74) is 1.88. The van der Waals surface area contributed by atoms with Gasteiger partial charge >= 0.3 is 0 Å². The van der Waals surface area contributed by atoms with Gasteiger partial charge in [0.25, 0.3) is 0 Å². The fourth-order valence-electron chi connectivity index (χ4n) is 1.54. The molecule has 0 N–H and O–H groups in total. The van der Waals surface area contributed by atoms with E-state index in [1.165, 1.54) is 6.33 Å². The zero-order valence-electron chi connectivity index (χ0n) is 10.3. The summed E-state index contributed by atoms with van der Waals surface area (Å²) in [6, 6.07) is 7.59. The Morgan fingerprint density at radius 1 is 1.00 bits per heavy atom. The van der Waals surface area contributed by atoms with E-state index in [0.717, 1.165) is 17.0 Å². The van der Waals surface area contributed by atoms with Crippen LogP contribution in [0.15, 0.2) is 36.8 Å². The van der Waals surface area contributed by atoms with Crippen LogP contribution in [0.25, 0.3) is 12.2 Å². The summed E-state index contributed by atoms with van der Waals surface area (Å²) in [5, 5.41) is 0. The molecule has 2 aromatic rings. The van der Waals surface area contributed by atoms with E-state index in [9.17, 15) is 0 Å². The molecule has 0 bridgehead atoms. The first kappa shape index (κ1) is 12.1. The van der Waals surface area contributed by atoms with E-state index in [4.69, 9.17) is 9.47 Å². The Labute approximate surface area is 106 Å². The van der Waals surface area contributed by atoms with E-state index in [-0.39, 0.29) is 0 Å². The molecular formula is C14H14N2O2. The molecule has 0 aliphatic heterocycles. The molecule has 18 heavy (non-hydrogen) atoms. The van der Waals surface area contributed by atoms with E-state index in [0.29, 0.717) is 5.75 Å². The highest BCUT2D eigenvalue weighted by atomic mass is 16.5. The minimum atomic E-state index is 0.710. The van der Waals surface area contributed by atoms with E-state index in [1.807, 2.05) is 36.4 Å². The Balaban J connectivity index is 2.22. The molecule has 0 spiro atoms. The third-order valence-corrected chi connectivity index (χ3v) is 2.46. The van der Waals surface area contributed by atoms with Gasteiger partial charge in [-0.25, -0.2) is 9.97 Å². The second-order valence-electron chi connectivity index (χ2n) is 3.58. The summed E-state index contributed by atoms with van der Waals surface area (Å²) in [6.07, 6.45) is 7.11. The summed E-state index contributed by atoms with van der Waals surface area (Å²) in [5.74, 6) is 1.43. The Morgan fingerprint density at radius 3 is 2.50 bits per heavy atom. The Morgan fingerprint density at radius 2 is 1.83 bits per heavy atom. The third-order valence-electron chi connectivity index (χ3n) is 2.46. The Hall–Kier alpha value is -2.36. The predicted octanol–water partition coefficient (Wildman–Crippen LogP) is 2.66. The highest BCUT2D eigenvalue weighted by Gasteiger charge is 2.02. The molecule has 0 amide bonds. The summed E-state index contributed by atoms with van der Waals surface area (Å²) < 4.78 is 10.4. The van der Waals surface area contributed by atoms with Gasteiger partial charge in [-0.3, -0.25) is 0 Å². The van der Waals surface area contributed by atoms with Crippen molar-refractivity contribution >= 4 is 12.2 Å². The highest BCUT2D eigenvalue weighted by Crippen LogP contribution is 2.28. The van der Waals surface area contributed by atoms with Crippen molar-refractivity contribution in [2.75, 3.05) is 14.2 Å². The number of rotatable bonds is 4. The maximum Gasteiger partial charge on any atom is 0.161 e. The number of aromatic nitrogens is 2. The van der Waals surface area contributed by atoms with Gasteiger partial charge in [-0.2, -0.15) is 0 Å². The standard InChI is InChI=1S/C14H14N2O2/c1-17-13-6-4-11(9-14(13)18-2)3-5-12-7-8-15-10-16-12/h3-10H,1-2H3/b5-3+. The van der Waals surface area contributed by atoms with Crippen LogP contribution in [0.5, 0.6) is 11.5 Å². The normalized spacial score (nSPS) is 10.6. The lowest BCUT2D eigenvalue weighted by Gasteiger charge is -2.07. The second kappa shape index (κ2) is 5.82. The van der Waals surface area contributed by atoms with Crippen LogP contribution in [0.2, 0.25) is 0 Å². The minimum Gasteiger partial charge on any atom is -0.493 e. The lowest BCUT2D eigenvalue weighted by molar-refractivity contribution is 0.355. The van der Waals surface area contributed by atoms with Crippen molar-refractivity contribution in [3.8, 4) is 11.5 Å². The van der Waals surface area contributed by atoms with Gasteiger partial charge in [0, 0.05) is 6.20 Å². The van der Waals surface area contributed by atoms with Crippen molar-refractivity contribution in [1.29, 1.82) is 0 Å². The van der Waals surface area contributed by atoms with Crippen LogP contribution in [0.4, 0.5) is 0 Å². The monoisotopic (exact) mass is 242 g/mol. The molecule has 2 rings (SSSR count). The van der Waals surface area contributed by atoms with Crippen LogP contribution in [0.3, 0.4) is 0 Å². The summed E-state index contributed by atoms with van der Waals surface area (Å²) >= 11 is 0. The van der Waals surface area contributed by atoms with Gasteiger partial charge in [0.15, 0.2) is 11.5 Å². The lowest BCUT2D eigenvalue weighted by atomic mass is 10.1. The molecule has 0 aliphatic carbocycles. The molecule has 0 unspecified atom stereocenters. The first-order chi connectivity index (χ1) is 8.83. The van der Waals surface area contributed by atoms with Crippen molar-refractivity contribution in [3.05, 3.63) is 48.0 Å². The van der Waals surface area contributed by atoms with Crippen molar-refractivity contribution < 1.29 is 9.47 Å². The largest absolute Gasteiger partial charge is 0.493 e. The van der Waals surface area contributed by atoms with Crippen LogP contribution in [-0.2, 0) is 0 Å². The van der Waals surface area contributed by atoms with Gasteiger partial charge < -0.3 is 9.47 Å². The summed E-state index contributed by atoms with van der Waals surface area (Å²) in [4.78, 5) is 7.99. The molecule has 0 radical (unpaired) electrons. The minimum absolute atomic E-state index is 0.710. The Bertz CT molecular complexity index is 539. The molecular weight excluding hydrogens is 228 g/mol. The van der Waals surface area contributed by atoms with E-state index in [1.54, 1.807) is 20.4 Å². The van der Waals surface area contributed by atoms with E-state index in [2.05, 4.69) is 9.97 Å². The van der Waals surface area contributed by atoms with Crippen LogP contribution in [0.1, 0.15) is 11.3 Å². The van der Waals surface area contributed by atoms with Gasteiger partial charge in [-0.1, -0.05) is 12.1 Å². The van der Waals surface area contributed by atoms with Gasteiger partial charge in [0.2, 0.25) is 0 Å². The second-order valence-corrected chi connectivity index (χ2v) is 3.58. The smallest absolute Gasteiger partial charge is 0.161 e. The average Bonchev–Trinajstić information content (AvgIpc) is 2.45. The van der Waals surface area contributed by atoms with E-state index < -0.39 is 0 Å². The molecule has 4 nitrogen and oxygen atoms in total. The molecule has 0 fully saturated rings. The molecule has 0 saturated carbocycles. The van der Waals surface area contributed by atoms with Gasteiger partial charge in [-0.15, -0.1) is 0 Å². The SMILES string of the molecule is COc1ccc(/C=C/c2ccncn2)cc1OC. The van der Waals surface area contributed by atoms with Crippen LogP contribution in [0, 0.1) is 0 Å². The molecule has 1 aromatic carbocycles. The zero-order chi connectivity index (χ0) is 12.8. The van der Waals surface area contributed by atoms with Crippen molar-refractivity contribution in [3.63, 3.8) is 0 Å². The number of methoxy groups -OCH3 is 2. The Kier molecular flexibility index (Phi) is 3.91. The van der Waals surface area contributed by atoms with Gasteiger partial charge in [-0.05, 0) is 29.8 Å². The van der Waals surface area contributed by atoms with E-state index >= 15 is 0 Å². The third kappa shape index (κ3) is 2.85. The van der Waals surface area contributed by atoms with Gasteiger partial charge in [0.1, 0.15) is 6.33 Å². The number of hydrogen-bond donors (Lipinski definition) is 0. The first-order valence-electron chi connectivity index (χ1n) is 5.49. The summed E-state index contributed by atoms with van der Waals surface area (Å²) in [7, 11) is 3.24. The molecule has 92 valence electrons. The topological polar surface area (TPSA) is 44.2 Å². The quantitative estimate of drug-likeness (QED) is 0.826. The highest BCUT2D eigenvalue weighted by molar-refractivity contribution is 5.69. The molecule has 4 heteroatoms. The van der Waals surface area contributed by atoms with Crippen molar-refractivity contribution in [2.24, 2.45) is 0 Å². The van der Waals surface area contributed by atoms with Crippen LogP contribution in [-0.4, -0.2) is 24.2 Å². The lowest BCUT2D eigenvalue weighted by Crippen LogP contribution is -1.90. The first-order valence-corrected chi connectivity index (χ1v) is 5.49. The fourth-order valence-corrected chi connectivity index (χ4v) is 1.54. The van der Waals surface area contributed by atoms with Crippen molar-refractivity contribution in [1.82, 2.24) is 9.97 Å². The predicted molar refractivity (Wildman–Crippen MR) is 70.5 cm³/mol. The molecule has 1 heterocycles. The number of hydrogen-bond acceptors (Lipinski definition) is 4. The zero-order valence-corrected chi connectivity index (χ0v) is 10.3. The molecule has 0 aliphatic rings.